The molecule has 1 rings (SSSR count). The fourth-order valence-electron chi connectivity index (χ4n) is 1.57. The van der Waals surface area contributed by atoms with Crippen LogP contribution in [0.5, 0.6) is 0 Å². The van der Waals surface area contributed by atoms with Gasteiger partial charge >= 0.3 is 12.1 Å². The van der Waals surface area contributed by atoms with Gasteiger partial charge in [0.15, 0.2) is 0 Å². The maximum absolute atomic E-state index is 12.9. The van der Waals surface area contributed by atoms with Gasteiger partial charge in [-0.05, 0) is 19.1 Å². The predicted molar refractivity (Wildman–Crippen MR) is 67.9 cm³/mol. The molecule has 21 heavy (non-hydrogen) atoms. The van der Waals surface area contributed by atoms with E-state index in [2.05, 4.69) is 4.74 Å². The van der Waals surface area contributed by atoms with Crippen LogP contribution in [0.3, 0.4) is 0 Å². The lowest BCUT2D eigenvalue weighted by molar-refractivity contribution is -0.143. The number of hydrogen-bond donors (Lipinski definition) is 0. The molecule has 0 N–H and O–H groups in total. The number of rotatable bonds is 5. The summed E-state index contributed by atoms with van der Waals surface area (Å²) < 4.78 is 68.0. The van der Waals surface area contributed by atoms with Crippen molar-refractivity contribution in [3.63, 3.8) is 0 Å². The molecule has 0 saturated carbocycles. The van der Waals surface area contributed by atoms with E-state index in [0.29, 0.717) is 10.4 Å². The Bertz CT molecular complexity index is 613. The van der Waals surface area contributed by atoms with E-state index in [9.17, 15) is 26.4 Å². The molecule has 0 atom stereocenters. The maximum Gasteiger partial charge on any atom is 0.417 e. The first-order valence-corrected chi connectivity index (χ1v) is 7.33. The van der Waals surface area contributed by atoms with Crippen LogP contribution in [0.25, 0.3) is 0 Å². The highest BCUT2D eigenvalue weighted by Gasteiger charge is 2.38. The Kier molecular flexibility index (Phi) is 5.35. The number of halogens is 3. The average Bonchev–Trinajstić information content (AvgIpc) is 2.37. The molecular formula is C12H14F3NO4S. The summed E-state index contributed by atoms with van der Waals surface area (Å²) in [4.78, 5) is 10.4. The Balaban J connectivity index is 3.17. The summed E-state index contributed by atoms with van der Waals surface area (Å²) in [6.45, 7) is 0.916. The van der Waals surface area contributed by atoms with E-state index >= 15 is 0 Å². The minimum Gasteiger partial charge on any atom is -0.465 e. The molecule has 0 saturated heterocycles. The van der Waals surface area contributed by atoms with Crippen molar-refractivity contribution < 1.29 is 31.1 Å². The molecule has 1 aromatic carbocycles. The Labute approximate surface area is 120 Å². The topological polar surface area (TPSA) is 63.7 Å². The Morgan fingerprint density at radius 1 is 1.29 bits per heavy atom. The Hall–Kier alpha value is -1.61. The monoisotopic (exact) mass is 325 g/mol. The second-order valence-electron chi connectivity index (χ2n) is 4.06. The second kappa shape index (κ2) is 6.44. The lowest BCUT2D eigenvalue weighted by Crippen LogP contribution is -2.34. The molecule has 0 spiro atoms. The van der Waals surface area contributed by atoms with Crippen molar-refractivity contribution in [1.82, 2.24) is 4.31 Å². The van der Waals surface area contributed by atoms with Gasteiger partial charge in [0, 0.05) is 7.05 Å². The normalized spacial score (nSPS) is 12.5. The number of carbonyl (C=O) groups is 1. The van der Waals surface area contributed by atoms with Crippen molar-refractivity contribution in [3.8, 4) is 0 Å². The van der Waals surface area contributed by atoms with E-state index in [1.54, 1.807) is 0 Å². The molecule has 0 radical (unpaired) electrons. The summed E-state index contributed by atoms with van der Waals surface area (Å²) in [5.74, 6) is -0.840. The van der Waals surface area contributed by atoms with Crippen LogP contribution < -0.4 is 0 Å². The molecule has 0 heterocycles. The molecule has 0 aliphatic carbocycles. The average molecular weight is 325 g/mol. The van der Waals surface area contributed by atoms with Crippen LogP contribution in [0.4, 0.5) is 13.2 Å². The van der Waals surface area contributed by atoms with Crippen LogP contribution in [0.1, 0.15) is 12.5 Å². The summed E-state index contributed by atoms with van der Waals surface area (Å²) >= 11 is 0. The van der Waals surface area contributed by atoms with Crippen molar-refractivity contribution in [1.29, 1.82) is 0 Å². The highest BCUT2D eigenvalue weighted by atomic mass is 32.2. The van der Waals surface area contributed by atoms with E-state index < -0.39 is 39.2 Å². The third-order valence-corrected chi connectivity index (χ3v) is 4.40. The number of carbonyl (C=O) groups excluding carboxylic acids is 1. The van der Waals surface area contributed by atoms with Crippen LogP contribution in [0.15, 0.2) is 29.2 Å². The standard InChI is InChI=1S/C12H14F3NO4S/c1-3-20-11(17)8-16(2)21(18,19)10-7-5-4-6-9(10)12(13,14)15/h4-7H,3,8H2,1-2H3. The number of esters is 1. The van der Waals surface area contributed by atoms with Gasteiger partial charge in [-0.3, -0.25) is 4.79 Å². The molecule has 0 aliphatic rings. The molecule has 0 unspecified atom stereocenters. The van der Waals surface area contributed by atoms with Crippen LogP contribution >= 0.6 is 0 Å². The first-order chi connectivity index (χ1) is 9.60. The number of nitrogens with zero attached hydrogens (tertiary/aromatic N) is 1. The third-order valence-electron chi connectivity index (χ3n) is 2.54. The van der Waals surface area contributed by atoms with Crippen molar-refractivity contribution in [2.45, 2.75) is 18.0 Å². The first kappa shape index (κ1) is 17.4. The zero-order chi connectivity index (χ0) is 16.3. The van der Waals surface area contributed by atoms with Gasteiger partial charge in [-0.1, -0.05) is 12.1 Å². The SMILES string of the molecule is CCOC(=O)CN(C)S(=O)(=O)c1ccccc1C(F)(F)F. The molecule has 9 heteroatoms. The summed E-state index contributed by atoms with van der Waals surface area (Å²) in [5, 5.41) is 0. The van der Waals surface area contributed by atoms with E-state index in [0.717, 1.165) is 19.2 Å². The number of ether oxygens (including phenoxy) is 1. The van der Waals surface area contributed by atoms with E-state index in [4.69, 9.17) is 0 Å². The smallest absolute Gasteiger partial charge is 0.417 e. The van der Waals surface area contributed by atoms with E-state index in [1.807, 2.05) is 0 Å². The van der Waals surface area contributed by atoms with Gasteiger partial charge in [-0.25, -0.2) is 8.42 Å². The van der Waals surface area contributed by atoms with Crippen LogP contribution in [0.2, 0.25) is 0 Å². The minimum atomic E-state index is -4.81. The molecule has 5 nitrogen and oxygen atoms in total. The molecule has 0 bridgehead atoms. The Morgan fingerprint density at radius 2 is 1.86 bits per heavy atom. The van der Waals surface area contributed by atoms with Gasteiger partial charge in [0.2, 0.25) is 10.0 Å². The van der Waals surface area contributed by atoms with Crippen LogP contribution in [0, 0.1) is 0 Å². The number of likely N-dealkylation sites (N-methyl/N-ethyl adjacent to an activating group) is 1. The van der Waals surface area contributed by atoms with E-state index in [-0.39, 0.29) is 6.61 Å². The molecule has 0 aliphatic heterocycles. The summed E-state index contributed by atoms with van der Waals surface area (Å²) in [6.07, 6.45) is -4.81. The summed E-state index contributed by atoms with van der Waals surface area (Å²) in [6, 6.07) is 3.79. The fourth-order valence-corrected chi connectivity index (χ4v) is 2.89. The number of alkyl halides is 3. The molecule has 1 aromatic rings. The van der Waals surface area contributed by atoms with Gasteiger partial charge in [0.25, 0.3) is 0 Å². The molecule has 0 fully saturated rings. The number of benzene rings is 1. The zero-order valence-electron chi connectivity index (χ0n) is 11.3. The van der Waals surface area contributed by atoms with Gasteiger partial charge < -0.3 is 4.74 Å². The molecule has 0 aromatic heterocycles. The zero-order valence-corrected chi connectivity index (χ0v) is 12.2. The Morgan fingerprint density at radius 3 is 2.38 bits per heavy atom. The van der Waals surface area contributed by atoms with Crippen molar-refractivity contribution in [3.05, 3.63) is 29.8 Å². The van der Waals surface area contributed by atoms with Gasteiger partial charge in [-0.2, -0.15) is 17.5 Å². The highest BCUT2D eigenvalue weighted by Crippen LogP contribution is 2.34. The van der Waals surface area contributed by atoms with Crippen molar-refractivity contribution in [2.24, 2.45) is 0 Å². The fraction of sp³-hybridized carbons (Fsp3) is 0.417. The molecule has 118 valence electrons. The third kappa shape index (κ3) is 4.18. The largest absolute Gasteiger partial charge is 0.465 e. The predicted octanol–water partition coefficient (Wildman–Crippen LogP) is 1.89. The van der Waals surface area contributed by atoms with Gasteiger partial charge in [0.05, 0.1) is 17.1 Å². The molecule has 0 amide bonds. The van der Waals surface area contributed by atoms with Crippen molar-refractivity contribution in [2.75, 3.05) is 20.2 Å². The quantitative estimate of drug-likeness (QED) is 0.776. The van der Waals surface area contributed by atoms with Crippen LogP contribution in [-0.2, 0) is 25.7 Å². The number of sulfonamides is 1. The first-order valence-electron chi connectivity index (χ1n) is 5.89. The summed E-state index contributed by atoms with van der Waals surface area (Å²) in [5.41, 5.74) is -1.28. The van der Waals surface area contributed by atoms with Crippen molar-refractivity contribution >= 4 is 16.0 Å². The molecular weight excluding hydrogens is 311 g/mol. The lowest BCUT2D eigenvalue weighted by Gasteiger charge is -2.19. The highest BCUT2D eigenvalue weighted by molar-refractivity contribution is 7.89. The van der Waals surface area contributed by atoms with Gasteiger partial charge in [-0.15, -0.1) is 0 Å². The lowest BCUT2D eigenvalue weighted by atomic mass is 10.2. The number of hydrogen-bond acceptors (Lipinski definition) is 4. The van der Waals surface area contributed by atoms with E-state index in [1.165, 1.54) is 13.0 Å². The maximum atomic E-state index is 12.9. The van der Waals surface area contributed by atoms with Crippen LogP contribution in [-0.4, -0.2) is 38.9 Å². The second-order valence-corrected chi connectivity index (χ2v) is 6.07. The van der Waals surface area contributed by atoms with Gasteiger partial charge in [0.1, 0.15) is 6.54 Å². The minimum absolute atomic E-state index is 0.0475. The summed E-state index contributed by atoms with van der Waals surface area (Å²) in [7, 11) is -3.44.